The number of hydrogen-bond donors (Lipinski definition) is 2. The van der Waals surface area contributed by atoms with E-state index in [0.29, 0.717) is 31.2 Å². The molecule has 1 saturated carbocycles. The molecule has 2 aliphatic rings. The zero-order valence-electron chi connectivity index (χ0n) is 13.4. The number of rotatable bonds is 4. The molecular formula is C16H20N2O5S. The van der Waals surface area contributed by atoms with Crippen LogP contribution < -0.4 is 9.62 Å². The Morgan fingerprint density at radius 2 is 1.92 bits per heavy atom. The number of carbonyl (C=O) groups is 2. The van der Waals surface area contributed by atoms with Crippen molar-refractivity contribution in [2.45, 2.75) is 43.0 Å². The van der Waals surface area contributed by atoms with Gasteiger partial charge in [0.25, 0.3) is 0 Å². The molecular weight excluding hydrogens is 332 g/mol. The predicted molar refractivity (Wildman–Crippen MR) is 87.3 cm³/mol. The van der Waals surface area contributed by atoms with Gasteiger partial charge < -0.3 is 10.0 Å². The Bertz CT molecular complexity index is 782. The lowest BCUT2D eigenvalue weighted by molar-refractivity contribution is -0.142. The van der Waals surface area contributed by atoms with Crippen LogP contribution in [0.3, 0.4) is 0 Å². The van der Waals surface area contributed by atoms with Gasteiger partial charge >= 0.3 is 5.97 Å². The molecule has 1 aliphatic heterocycles. The fraction of sp³-hybridized carbons (Fsp3) is 0.500. The lowest BCUT2D eigenvalue weighted by Gasteiger charge is -2.26. The van der Waals surface area contributed by atoms with E-state index in [1.54, 1.807) is 19.2 Å². The van der Waals surface area contributed by atoms with E-state index in [1.807, 2.05) is 0 Å². The summed E-state index contributed by atoms with van der Waals surface area (Å²) in [7, 11) is -2.01. The number of sulfonamides is 1. The maximum atomic E-state index is 12.6. The Morgan fingerprint density at radius 3 is 2.54 bits per heavy atom. The van der Waals surface area contributed by atoms with Crippen LogP contribution >= 0.6 is 0 Å². The first-order chi connectivity index (χ1) is 11.3. The molecule has 1 aromatic rings. The van der Waals surface area contributed by atoms with Gasteiger partial charge in [-0.1, -0.05) is 0 Å². The molecule has 0 aromatic heterocycles. The number of nitrogens with zero attached hydrogens (tertiary/aromatic N) is 1. The number of carboxylic acid groups (broad SMARTS) is 1. The molecule has 0 unspecified atom stereocenters. The second-order valence-electron chi connectivity index (χ2n) is 6.43. The van der Waals surface area contributed by atoms with Crippen molar-refractivity contribution in [1.82, 2.24) is 4.72 Å². The first-order valence-corrected chi connectivity index (χ1v) is 9.41. The fourth-order valence-electron chi connectivity index (χ4n) is 3.36. The van der Waals surface area contributed by atoms with Crippen LogP contribution in [0, 0.1) is 5.92 Å². The van der Waals surface area contributed by atoms with Crippen molar-refractivity contribution >= 4 is 27.6 Å². The number of aliphatic carboxylic acids is 1. The van der Waals surface area contributed by atoms with Crippen molar-refractivity contribution in [2.75, 3.05) is 11.9 Å². The van der Waals surface area contributed by atoms with Gasteiger partial charge in [0.2, 0.25) is 15.9 Å². The standard InChI is InChI=1S/C16H20N2O5S/c1-18-14-7-6-13(8-11(14)9-15(18)19)24(22,23)17-12-4-2-10(3-5-12)16(20)21/h6-8,10,12,17H,2-5,9H2,1H3,(H,20,21). The van der Waals surface area contributed by atoms with Crippen LogP contribution in [0.4, 0.5) is 5.69 Å². The summed E-state index contributed by atoms with van der Waals surface area (Å²) in [6.45, 7) is 0. The van der Waals surface area contributed by atoms with Crippen LogP contribution in [0.5, 0.6) is 0 Å². The number of likely N-dealkylation sites (N-methyl/N-ethyl adjacent to an activating group) is 1. The normalized spacial score (nSPS) is 24.0. The number of amides is 1. The Kier molecular flexibility index (Phi) is 4.35. The molecule has 1 amide bonds. The molecule has 3 rings (SSSR count). The van der Waals surface area contributed by atoms with Gasteiger partial charge in [0.1, 0.15) is 0 Å². The largest absolute Gasteiger partial charge is 0.481 e. The smallest absolute Gasteiger partial charge is 0.306 e. The topological polar surface area (TPSA) is 104 Å². The Labute approximate surface area is 140 Å². The number of fused-ring (bicyclic) bond motifs is 1. The van der Waals surface area contributed by atoms with Gasteiger partial charge in [0.05, 0.1) is 17.2 Å². The van der Waals surface area contributed by atoms with Crippen LogP contribution in [0.2, 0.25) is 0 Å². The number of nitrogens with one attached hydrogen (secondary N) is 1. The summed E-state index contributed by atoms with van der Waals surface area (Å²) in [5, 5.41) is 9.00. The Hall–Kier alpha value is -1.93. The molecule has 24 heavy (non-hydrogen) atoms. The highest BCUT2D eigenvalue weighted by Crippen LogP contribution is 2.30. The SMILES string of the molecule is CN1C(=O)Cc2cc(S(=O)(=O)NC3CCC(C(=O)O)CC3)ccc21. The molecule has 2 N–H and O–H groups in total. The third kappa shape index (κ3) is 3.16. The van der Waals surface area contributed by atoms with Gasteiger partial charge in [-0.05, 0) is 49.4 Å². The zero-order chi connectivity index (χ0) is 17.5. The Morgan fingerprint density at radius 1 is 1.25 bits per heavy atom. The molecule has 1 heterocycles. The first-order valence-electron chi connectivity index (χ1n) is 7.92. The van der Waals surface area contributed by atoms with E-state index in [1.165, 1.54) is 11.0 Å². The summed E-state index contributed by atoms with van der Waals surface area (Å²) >= 11 is 0. The minimum absolute atomic E-state index is 0.0560. The third-order valence-corrected chi connectivity index (χ3v) is 6.35. The lowest BCUT2D eigenvalue weighted by Crippen LogP contribution is -2.38. The predicted octanol–water partition coefficient (Wildman–Crippen LogP) is 1.13. The molecule has 1 aliphatic carbocycles. The molecule has 0 atom stereocenters. The fourth-order valence-corrected chi connectivity index (χ4v) is 4.71. The number of carbonyl (C=O) groups excluding carboxylic acids is 1. The minimum Gasteiger partial charge on any atom is -0.481 e. The van der Waals surface area contributed by atoms with Gasteiger partial charge in [0, 0.05) is 18.8 Å². The van der Waals surface area contributed by atoms with E-state index in [9.17, 15) is 18.0 Å². The lowest BCUT2D eigenvalue weighted by atomic mass is 9.87. The summed E-state index contributed by atoms with van der Waals surface area (Å²) in [5.74, 6) is -1.25. The quantitative estimate of drug-likeness (QED) is 0.845. The number of anilines is 1. The average molecular weight is 352 g/mol. The average Bonchev–Trinajstić information content (AvgIpc) is 2.82. The first kappa shape index (κ1) is 16.9. The van der Waals surface area contributed by atoms with E-state index in [4.69, 9.17) is 5.11 Å². The summed E-state index contributed by atoms with van der Waals surface area (Å²) in [6, 6.07) is 4.44. The highest BCUT2D eigenvalue weighted by Gasteiger charge is 2.30. The van der Waals surface area contributed by atoms with Crippen molar-refractivity contribution in [1.29, 1.82) is 0 Å². The number of carboxylic acids is 1. The van der Waals surface area contributed by atoms with Crippen molar-refractivity contribution in [2.24, 2.45) is 5.92 Å². The minimum atomic E-state index is -3.68. The molecule has 0 spiro atoms. The molecule has 1 fully saturated rings. The second-order valence-corrected chi connectivity index (χ2v) is 8.14. The number of hydrogen-bond acceptors (Lipinski definition) is 4. The molecule has 8 heteroatoms. The van der Waals surface area contributed by atoms with E-state index in [-0.39, 0.29) is 29.2 Å². The monoisotopic (exact) mass is 352 g/mol. The van der Waals surface area contributed by atoms with Crippen LogP contribution in [0.15, 0.2) is 23.1 Å². The van der Waals surface area contributed by atoms with E-state index < -0.39 is 16.0 Å². The maximum absolute atomic E-state index is 12.6. The molecule has 0 bridgehead atoms. The summed E-state index contributed by atoms with van der Waals surface area (Å²) in [5.41, 5.74) is 1.45. The molecule has 0 radical (unpaired) electrons. The summed E-state index contributed by atoms with van der Waals surface area (Å²) in [4.78, 5) is 24.3. The van der Waals surface area contributed by atoms with Gasteiger partial charge in [-0.25, -0.2) is 13.1 Å². The van der Waals surface area contributed by atoms with Crippen LogP contribution in [0.25, 0.3) is 0 Å². The maximum Gasteiger partial charge on any atom is 0.306 e. The van der Waals surface area contributed by atoms with Crippen molar-refractivity contribution in [3.8, 4) is 0 Å². The Balaban J connectivity index is 1.72. The molecule has 1 aromatic carbocycles. The molecule has 130 valence electrons. The third-order valence-electron chi connectivity index (χ3n) is 4.84. The van der Waals surface area contributed by atoms with Crippen molar-refractivity contribution < 1.29 is 23.1 Å². The summed E-state index contributed by atoms with van der Waals surface area (Å²) in [6.07, 6.45) is 2.20. The van der Waals surface area contributed by atoms with Gasteiger partial charge in [-0.15, -0.1) is 0 Å². The summed E-state index contributed by atoms with van der Waals surface area (Å²) < 4.78 is 27.8. The van der Waals surface area contributed by atoms with Crippen LogP contribution in [0.1, 0.15) is 31.2 Å². The van der Waals surface area contributed by atoms with Gasteiger partial charge in [-0.3, -0.25) is 9.59 Å². The van der Waals surface area contributed by atoms with E-state index >= 15 is 0 Å². The van der Waals surface area contributed by atoms with Crippen LogP contribution in [-0.4, -0.2) is 38.5 Å². The highest BCUT2D eigenvalue weighted by atomic mass is 32.2. The van der Waals surface area contributed by atoms with Crippen molar-refractivity contribution in [3.05, 3.63) is 23.8 Å². The van der Waals surface area contributed by atoms with Gasteiger partial charge in [0.15, 0.2) is 0 Å². The molecule has 7 nitrogen and oxygen atoms in total. The molecule has 0 saturated heterocycles. The van der Waals surface area contributed by atoms with E-state index in [2.05, 4.69) is 4.72 Å². The van der Waals surface area contributed by atoms with Crippen molar-refractivity contribution in [3.63, 3.8) is 0 Å². The van der Waals surface area contributed by atoms with Gasteiger partial charge in [-0.2, -0.15) is 0 Å². The second kappa shape index (κ2) is 6.18. The van der Waals surface area contributed by atoms with Crippen LogP contribution in [-0.2, 0) is 26.0 Å². The zero-order valence-corrected chi connectivity index (χ0v) is 14.2. The highest BCUT2D eigenvalue weighted by molar-refractivity contribution is 7.89. The van der Waals surface area contributed by atoms with E-state index in [0.717, 1.165) is 5.69 Å². The number of benzene rings is 1.